The van der Waals surface area contributed by atoms with Crippen LogP contribution in [0.15, 0.2) is 82.2 Å². The summed E-state index contributed by atoms with van der Waals surface area (Å²) in [6.07, 6.45) is 0.752. The van der Waals surface area contributed by atoms with Gasteiger partial charge < -0.3 is 9.47 Å². The highest BCUT2D eigenvalue weighted by atomic mass is 32.2. The Labute approximate surface area is 199 Å². The van der Waals surface area contributed by atoms with Gasteiger partial charge in [0.25, 0.3) is 0 Å². The first-order valence-electron chi connectivity index (χ1n) is 10.3. The molecule has 1 amide bonds. The molecule has 1 unspecified atom stereocenters. The van der Waals surface area contributed by atoms with Crippen molar-refractivity contribution in [3.63, 3.8) is 0 Å². The summed E-state index contributed by atoms with van der Waals surface area (Å²) >= 11 is 4.97. The zero-order valence-electron chi connectivity index (χ0n) is 17.5. The largest absolute Gasteiger partial charge is 0.309 e. The summed E-state index contributed by atoms with van der Waals surface area (Å²) in [4.78, 5) is 17.9. The molecule has 0 N–H and O–H groups in total. The van der Waals surface area contributed by atoms with Crippen LogP contribution in [0.3, 0.4) is 0 Å². The molecule has 32 heavy (non-hydrogen) atoms. The van der Waals surface area contributed by atoms with Crippen LogP contribution >= 0.6 is 34.9 Å². The van der Waals surface area contributed by atoms with E-state index < -0.39 is 0 Å². The third-order valence-corrected chi connectivity index (χ3v) is 8.47. The Kier molecular flexibility index (Phi) is 6.34. The van der Waals surface area contributed by atoms with Crippen LogP contribution in [0.2, 0.25) is 0 Å². The summed E-state index contributed by atoms with van der Waals surface area (Å²) in [5, 5.41) is 11.5. The lowest BCUT2D eigenvalue weighted by Gasteiger charge is -2.37. The molecule has 5 nitrogen and oxygen atoms in total. The number of hydrogen-bond acceptors (Lipinski definition) is 6. The average molecular weight is 479 g/mol. The van der Waals surface area contributed by atoms with E-state index in [1.165, 1.54) is 16.6 Å². The van der Waals surface area contributed by atoms with Crippen molar-refractivity contribution in [2.75, 3.05) is 16.4 Å². The number of thiophene rings is 1. The van der Waals surface area contributed by atoms with E-state index in [4.69, 9.17) is 0 Å². The van der Waals surface area contributed by atoms with E-state index in [0.717, 1.165) is 39.3 Å². The monoisotopic (exact) mass is 478 g/mol. The van der Waals surface area contributed by atoms with Crippen LogP contribution in [-0.2, 0) is 18.3 Å². The van der Waals surface area contributed by atoms with Gasteiger partial charge in [0, 0.05) is 29.0 Å². The van der Waals surface area contributed by atoms with Crippen LogP contribution < -0.4 is 4.90 Å². The van der Waals surface area contributed by atoms with Crippen molar-refractivity contribution in [1.82, 2.24) is 14.8 Å². The van der Waals surface area contributed by atoms with Gasteiger partial charge in [0.05, 0.1) is 17.5 Å². The molecule has 2 aromatic carbocycles. The van der Waals surface area contributed by atoms with Crippen molar-refractivity contribution in [1.29, 1.82) is 0 Å². The molecule has 5 rings (SSSR count). The summed E-state index contributed by atoms with van der Waals surface area (Å²) in [6.45, 7) is 0. The molecule has 3 heterocycles. The van der Waals surface area contributed by atoms with Crippen LogP contribution in [-0.4, -0.2) is 32.2 Å². The number of hydrogen-bond donors (Lipinski definition) is 0. The molecule has 0 saturated carbocycles. The highest BCUT2D eigenvalue weighted by Gasteiger charge is 2.32. The van der Waals surface area contributed by atoms with Gasteiger partial charge in [-0.25, -0.2) is 0 Å². The lowest BCUT2D eigenvalue weighted by molar-refractivity contribution is -0.116. The zero-order valence-corrected chi connectivity index (χ0v) is 20.0. The molecule has 1 atom stereocenters. The average Bonchev–Trinajstić information content (AvgIpc) is 3.47. The van der Waals surface area contributed by atoms with Gasteiger partial charge in [0.2, 0.25) is 5.91 Å². The molecular weight excluding hydrogens is 456 g/mol. The quantitative estimate of drug-likeness (QED) is 0.346. The molecule has 8 heteroatoms. The highest BCUT2D eigenvalue weighted by molar-refractivity contribution is 8.00. The highest BCUT2D eigenvalue weighted by Crippen LogP contribution is 2.43. The number of carbonyl (C=O) groups is 1. The van der Waals surface area contributed by atoms with E-state index >= 15 is 0 Å². The lowest BCUT2D eigenvalue weighted by Crippen LogP contribution is -2.39. The van der Waals surface area contributed by atoms with Crippen molar-refractivity contribution in [2.45, 2.75) is 22.5 Å². The van der Waals surface area contributed by atoms with Crippen LogP contribution in [0.25, 0.3) is 0 Å². The first kappa shape index (κ1) is 21.3. The smallest absolute Gasteiger partial charge is 0.238 e. The Hall–Kier alpha value is -2.55. The number of nitrogens with zero attached hydrogens (tertiary/aromatic N) is 4. The fourth-order valence-corrected chi connectivity index (χ4v) is 6.47. The second kappa shape index (κ2) is 9.52. The van der Waals surface area contributed by atoms with Crippen LogP contribution in [0.4, 0.5) is 5.69 Å². The fraction of sp³-hybridized carbons (Fsp3) is 0.208. The van der Waals surface area contributed by atoms with Crippen LogP contribution in [0, 0.1) is 0 Å². The lowest BCUT2D eigenvalue weighted by atomic mass is 10.1. The van der Waals surface area contributed by atoms with Crippen molar-refractivity contribution in [2.24, 2.45) is 7.05 Å². The molecule has 0 radical (unpaired) electrons. The molecule has 0 saturated heterocycles. The predicted octanol–water partition coefficient (Wildman–Crippen LogP) is 5.44. The van der Waals surface area contributed by atoms with Gasteiger partial charge in [-0.05, 0) is 29.1 Å². The van der Waals surface area contributed by atoms with Gasteiger partial charge in [-0.3, -0.25) is 4.79 Å². The van der Waals surface area contributed by atoms with Crippen molar-refractivity contribution in [3.8, 4) is 0 Å². The number of anilines is 1. The molecule has 2 aromatic heterocycles. The van der Waals surface area contributed by atoms with Gasteiger partial charge in [-0.2, -0.15) is 0 Å². The van der Waals surface area contributed by atoms with Crippen LogP contribution in [0.5, 0.6) is 0 Å². The van der Waals surface area contributed by atoms with Crippen molar-refractivity contribution >= 4 is 46.5 Å². The Morgan fingerprint density at radius 1 is 1.06 bits per heavy atom. The number of carbonyl (C=O) groups excluding carboxylic acids is 1. The maximum absolute atomic E-state index is 13.5. The summed E-state index contributed by atoms with van der Waals surface area (Å²) in [6, 6.07) is 22.6. The molecule has 1 aliphatic rings. The summed E-state index contributed by atoms with van der Waals surface area (Å²) in [7, 11) is 1.97. The summed E-state index contributed by atoms with van der Waals surface area (Å²) in [5.74, 6) is 2.14. The molecule has 0 fully saturated rings. The van der Waals surface area contributed by atoms with Crippen molar-refractivity contribution in [3.05, 3.63) is 88.4 Å². The normalized spacial score (nSPS) is 15.5. The number of aromatic nitrogens is 3. The minimum absolute atomic E-state index is 0.0121. The van der Waals surface area contributed by atoms with E-state index in [-0.39, 0.29) is 11.9 Å². The van der Waals surface area contributed by atoms with E-state index in [2.05, 4.69) is 39.8 Å². The minimum Gasteiger partial charge on any atom is -0.309 e. The van der Waals surface area contributed by atoms with Gasteiger partial charge in [0.15, 0.2) is 5.16 Å². The predicted molar refractivity (Wildman–Crippen MR) is 133 cm³/mol. The molecule has 162 valence electrons. The molecular formula is C24H22N4OS3. The zero-order chi connectivity index (χ0) is 21.9. The number of amides is 1. The molecule has 0 aliphatic carbocycles. The first-order valence-corrected chi connectivity index (χ1v) is 13.2. The Balaban J connectivity index is 1.36. The molecule has 0 spiro atoms. The molecule has 1 aliphatic heterocycles. The Morgan fingerprint density at radius 2 is 1.88 bits per heavy atom. The van der Waals surface area contributed by atoms with Gasteiger partial charge >= 0.3 is 0 Å². The molecule has 0 bridgehead atoms. The maximum Gasteiger partial charge on any atom is 0.238 e. The summed E-state index contributed by atoms with van der Waals surface area (Å²) < 4.78 is 1.99. The van der Waals surface area contributed by atoms with E-state index in [9.17, 15) is 4.79 Å². The third-order valence-electron chi connectivity index (χ3n) is 5.45. The second-order valence-electron chi connectivity index (χ2n) is 7.47. The topological polar surface area (TPSA) is 51.0 Å². The van der Waals surface area contributed by atoms with Crippen molar-refractivity contribution < 1.29 is 4.79 Å². The standard InChI is InChI=1S/C24H22N4OS3/c1-27-22(14-18-10-7-13-30-18)25-26-24(27)32-16-23(29)28-19-11-5-6-12-21(19)31-15-20(28)17-8-3-2-4-9-17/h2-13,20H,14-16H2,1H3. The Morgan fingerprint density at radius 3 is 2.69 bits per heavy atom. The SMILES string of the molecule is Cn1c(Cc2cccs2)nnc1SCC(=O)N1c2ccccc2SCC1c1ccccc1. The van der Waals surface area contributed by atoms with Crippen LogP contribution in [0.1, 0.15) is 22.3 Å². The van der Waals surface area contributed by atoms with Gasteiger partial charge in [0.1, 0.15) is 5.82 Å². The van der Waals surface area contributed by atoms with Gasteiger partial charge in [-0.1, -0.05) is 60.3 Å². The first-order chi connectivity index (χ1) is 15.7. The number of fused-ring (bicyclic) bond motifs is 1. The molecule has 4 aromatic rings. The number of thioether (sulfide) groups is 2. The fourth-order valence-electron chi connectivity index (χ4n) is 3.81. The van der Waals surface area contributed by atoms with E-state index in [1.807, 2.05) is 70.7 Å². The number of benzene rings is 2. The third kappa shape index (κ3) is 4.35. The number of rotatable bonds is 6. The van der Waals surface area contributed by atoms with E-state index in [0.29, 0.717) is 5.75 Å². The Bertz CT molecular complexity index is 1210. The van der Waals surface area contributed by atoms with E-state index in [1.54, 1.807) is 11.3 Å². The minimum atomic E-state index is 0.0121. The van der Waals surface area contributed by atoms with Gasteiger partial charge in [-0.15, -0.1) is 33.3 Å². The summed E-state index contributed by atoms with van der Waals surface area (Å²) in [5.41, 5.74) is 2.14. The second-order valence-corrected chi connectivity index (χ2v) is 10.5. The maximum atomic E-state index is 13.5. The number of para-hydroxylation sites is 1.